The first kappa shape index (κ1) is 18.2. The molecule has 0 saturated heterocycles. The van der Waals surface area contributed by atoms with E-state index in [2.05, 4.69) is 24.4 Å². The molecule has 2 aromatic carbocycles. The molecule has 0 aliphatic carbocycles. The van der Waals surface area contributed by atoms with E-state index in [1.165, 1.54) is 19.3 Å². The Morgan fingerprint density at radius 3 is 2.25 bits per heavy atom. The number of carbonyl (C=O) groups excluding carboxylic acids is 1. The van der Waals surface area contributed by atoms with E-state index >= 15 is 0 Å². The SMILES string of the molecule is CCCCCNCCC(=O)N(Cc1ccccc1)c1ccccc1. The molecule has 0 atom stereocenters. The zero-order valence-electron chi connectivity index (χ0n) is 14.6. The number of benzene rings is 2. The second-order valence-electron chi connectivity index (χ2n) is 6.01. The van der Waals surface area contributed by atoms with Crippen LogP contribution in [0.5, 0.6) is 0 Å². The molecule has 1 N–H and O–H groups in total. The molecule has 2 rings (SSSR count). The van der Waals surface area contributed by atoms with Gasteiger partial charge in [-0.15, -0.1) is 0 Å². The number of amides is 1. The summed E-state index contributed by atoms with van der Waals surface area (Å²) in [5.74, 6) is 0.160. The van der Waals surface area contributed by atoms with Gasteiger partial charge in [-0.2, -0.15) is 0 Å². The maximum Gasteiger partial charge on any atom is 0.228 e. The molecule has 1 amide bonds. The van der Waals surface area contributed by atoms with E-state index in [4.69, 9.17) is 0 Å². The summed E-state index contributed by atoms with van der Waals surface area (Å²) in [4.78, 5) is 14.6. The largest absolute Gasteiger partial charge is 0.316 e. The summed E-state index contributed by atoms with van der Waals surface area (Å²) in [7, 11) is 0. The lowest BCUT2D eigenvalue weighted by Gasteiger charge is -2.23. The van der Waals surface area contributed by atoms with Gasteiger partial charge in [0.25, 0.3) is 0 Å². The van der Waals surface area contributed by atoms with E-state index in [9.17, 15) is 4.79 Å². The van der Waals surface area contributed by atoms with Crippen molar-refractivity contribution in [2.45, 2.75) is 39.2 Å². The third-order valence-corrected chi connectivity index (χ3v) is 4.03. The molecule has 0 aliphatic heterocycles. The Hall–Kier alpha value is -2.13. The lowest BCUT2D eigenvalue weighted by molar-refractivity contribution is -0.118. The summed E-state index contributed by atoms with van der Waals surface area (Å²) < 4.78 is 0. The van der Waals surface area contributed by atoms with Crippen LogP contribution in [-0.2, 0) is 11.3 Å². The molecule has 0 aliphatic rings. The Bertz CT molecular complexity index is 583. The van der Waals surface area contributed by atoms with Crippen LogP contribution in [0.25, 0.3) is 0 Å². The molecule has 0 bridgehead atoms. The van der Waals surface area contributed by atoms with Crippen molar-refractivity contribution in [3.8, 4) is 0 Å². The quantitative estimate of drug-likeness (QED) is 0.657. The number of anilines is 1. The highest BCUT2D eigenvalue weighted by molar-refractivity contribution is 5.93. The van der Waals surface area contributed by atoms with Crippen molar-refractivity contribution in [1.29, 1.82) is 0 Å². The van der Waals surface area contributed by atoms with Gasteiger partial charge >= 0.3 is 0 Å². The Morgan fingerprint density at radius 1 is 0.917 bits per heavy atom. The predicted molar refractivity (Wildman–Crippen MR) is 101 cm³/mol. The van der Waals surface area contributed by atoms with Gasteiger partial charge in [0.2, 0.25) is 5.91 Å². The lowest BCUT2D eigenvalue weighted by atomic mass is 10.2. The van der Waals surface area contributed by atoms with E-state index in [1.807, 2.05) is 53.4 Å². The number of nitrogens with zero attached hydrogens (tertiary/aromatic N) is 1. The van der Waals surface area contributed by atoms with Crippen molar-refractivity contribution < 1.29 is 4.79 Å². The summed E-state index contributed by atoms with van der Waals surface area (Å²) in [6.45, 7) is 4.54. The first-order valence-corrected chi connectivity index (χ1v) is 8.91. The van der Waals surface area contributed by atoms with Crippen LogP contribution in [0.3, 0.4) is 0 Å². The first-order chi connectivity index (χ1) is 11.8. The monoisotopic (exact) mass is 324 g/mol. The molecule has 128 valence electrons. The minimum atomic E-state index is 0.160. The fourth-order valence-corrected chi connectivity index (χ4v) is 2.65. The van der Waals surface area contributed by atoms with Crippen LogP contribution in [0.2, 0.25) is 0 Å². The second-order valence-corrected chi connectivity index (χ2v) is 6.01. The van der Waals surface area contributed by atoms with Crippen molar-refractivity contribution in [3.63, 3.8) is 0 Å². The standard InChI is InChI=1S/C21H28N2O/c1-2-3-10-16-22-17-15-21(24)23(20-13-8-5-9-14-20)18-19-11-6-4-7-12-19/h4-9,11-14,22H,2-3,10,15-18H2,1H3. The van der Waals surface area contributed by atoms with Gasteiger partial charge in [0.15, 0.2) is 0 Å². The van der Waals surface area contributed by atoms with E-state index in [0.29, 0.717) is 13.0 Å². The highest BCUT2D eigenvalue weighted by Gasteiger charge is 2.15. The van der Waals surface area contributed by atoms with Crippen molar-refractivity contribution in [2.75, 3.05) is 18.0 Å². The molecule has 0 saturated carbocycles. The third kappa shape index (κ3) is 6.17. The number of carbonyl (C=O) groups is 1. The molecule has 0 spiro atoms. The normalized spacial score (nSPS) is 10.5. The highest BCUT2D eigenvalue weighted by Crippen LogP contribution is 2.18. The zero-order chi connectivity index (χ0) is 17.0. The number of hydrogen-bond donors (Lipinski definition) is 1. The molecule has 3 heteroatoms. The topological polar surface area (TPSA) is 32.3 Å². The van der Waals surface area contributed by atoms with Crippen LogP contribution in [-0.4, -0.2) is 19.0 Å². The van der Waals surface area contributed by atoms with Crippen molar-refractivity contribution in [1.82, 2.24) is 5.32 Å². The molecule has 0 unspecified atom stereocenters. The maximum atomic E-state index is 12.7. The minimum absolute atomic E-state index is 0.160. The predicted octanol–water partition coefficient (Wildman–Crippen LogP) is 4.39. The number of nitrogens with one attached hydrogen (secondary N) is 1. The summed E-state index contributed by atoms with van der Waals surface area (Å²) in [5.41, 5.74) is 2.10. The van der Waals surface area contributed by atoms with Crippen molar-refractivity contribution in [3.05, 3.63) is 66.2 Å². The fourth-order valence-electron chi connectivity index (χ4n) is 2.65. The molecule has 2 aromatic rings. The van der Waals surface area contributed by atoms with Gasteiger partial charge in [-0.05, 0) is 30.7 Å². The minimum Gasteiger partial charge on any atom is -0.316 e. The van der Waals surface area contributed by atoms with Gasteiger partial charge in [0.05, 0.1) is 6.54 Å². The number of unbranched alkanes of at least 4 members (excludes halogenated alkanes) is 2. The van der Waals surface area contributed by atoms with Crippen LogP contribution < -0.4 is 10.2 Å². The molecule has 0 fully saturated rings. The number of hydrogen-bond acceptors (Lipinski definition) is 2. The second kappa shape index (κ2) is 10.6. The van der Waals surface area contributed by atoms with Gasteiger partial charge in [0.1, 0.15) is 0 Å². The highest BCUT2D eigenvalue weighted by atomic mass is 16.2. The molecule has 3 nitrogen and oxygen atoms in total. The summed E-state index contributed by atoms with van der Waals surface area (Å²) in [6.07, 6.45) is 4.16. The molecule has 0 radical (unpaired) electrons. The van der Waals surface area contributed by atoms with Gasteiger partial charge in [-0.25, -0.2) is 0 Å². The van der Waals surface area contributed by atoms with Crippen LogP contribution >= 0.6 is 0 Å². The summed E-state index contributed by atoms with van der Waals surface area (Å²) in [5, 5.41) is 3.37. The lowest BCUT2D eigenvalue weighted by Crippen LogP contribution is -2.33. The van der Waals surface area contributed by atoms with Gasteiger partial charge in [-0.1, -0.05) is 68.3 Å². The molecule has 0 heterocycles. The molecular formula is C21H28N2O. The van der Waals surface area contributed by atoms with Crippen LogP contribution in [0.15, 0.2) is 60.7 Å². The smallest absolute Gasteiger partial charge is 0.228 e. The Balaban J connectivity index is 1.94. The van der Waals surface area contributed by atoms with E-state index < -0.39 is 0 Å². The van der Waals surface area contributed by atoms with Gasteiger partial charge < -0.3 is 10.2 Å². The van der Waals surface area contributed by atoms with Gasteiger partial charge in [-0.3, -0.25) is 4.79 Å². The molecule has 24 heavy (non-hydrogen) atoms. The van der Waals surface area contributed by atoms with Gasteiger partial charge in [0, 0.05) is 18.7 Å². The Morgan fingerprint density at radius 2 is 1.58 bits per heavy atom. The van der Waals surface area contributed by atoms with Crippen molar-refractivity contribution in [2.24, 2.45) is 0 Å². The van der Waals surface area contributed by atoms with Crippen molar-refractivity contribution >= 4 is 11.6 Å². The van der Waals surface area contributed by atoms with Crippen LogP contribution in [0.1, 0.15) is 38.2 Å². The summed E-state index contributed by atoms with van der Waals surface area (Å²) >= 11 is 0. The van der Waals surface area contributed by atoms with Crippen LogP contribution in [0.4, 0.5) is 5.69 Å². The van der Waals surface area contributed by atoms with Crippen LogP contribution in [0, 0.1) is 0 Å². The fraction of sp³-hybridized carbons (Fsp3) is 0.381. The summed E-state index contributed by atoms with van der Waals surface area (Å²) in [6, 6.07) is 20.1. The average Bonchev–Trinajstić information content (AvgIpc) is 2.64. The third-order valence-electron chi connectivity index (χ3n) is 4.03. The van der Waals surface area contributed by atoms with E-state index in [1.54, 1.807) is 0 Å². The zero-order valence-corrected chi connectivity index (χ0v) is 14.6. The molecule has 0 aromatic heterocycles. The number of para-hydroxylation sites is 1. The Labute approximate surface area is 145 Å². The van der Waals surface area contributed by atoms with E-state index in [-0.39, 0.29) is 5.91 Å². The number of rotatable bonds is 10. The molecular weight excluding hydrogens is 296 g/mol. The maximum absolute atomic E-state index is 12.7. The average molecular weight is 324 g/mol. The van der Waals surface area contributed by atoms with E-state index in [0.717, 1.165) is 24.3 Å². The Kier molecular flexibility index (Phi) is 8.05. The first-order valence-electron chi connectivity index (χ1n) is 8.91.